The minimum absolute atomic E-state index is 0.498. The largest absolute Gasteiger partial charge is 0.452 e. The number of hydrogen-bond acceptors (Lipinski definition) is 13. The van der Waals surface area contributed by atoms with Crippen molar-refractivity contribution in [3.05, 3.63) is 298 Å². The fourth-order valence-corrected chi connectivity index (χ4v) is 13.1. The van der Waals surface area contributed by atoms with E-state index in [-0.39, 0.29) is 0 Å². The van der Waals surface area contributed by atoms with Gasteiger partial charge in [-0.3, -0.25) is 9.97 Å². The normalized spacial score (nSPS) is 11.7. The fraction of sp³-hybridized carbons (Fsp3) is 0. The van der Waals surface area contributed by atoms with E-state index in [1.54, 1.807) is 0 Å². The molecule has 0 bridgehead atoms. The molecule has 13 nitrogen and oxygen atoms in total. The van der Waals surface area contributed by atoms with E-state index < -0.39 is 0 Å². The summed E-state index contributed by atoms with van der Waals surface area (Å²) in [5.74, 6) is 3.20. The van der Waals surface area contributed by atoms with Crippen molar-refractivity contribution in [3.63, 3.8) is 0 Å². The number of benzene rings is 11. The van der Waals surface area contributed by atoms with Gasteiger partial charge in [0.15, 0.2) is 46.1 Å². The lowest BCUT2D eigenvalue weighted by atomic mass is 9.99. The highest BCUT2D eigenvalue weighted by Gasteiger charge is 2.23. The van der Waals surface area contributed by atoms with Crippen LogP contribution in [0.5, 0.6) is 0 Å². The van der Waals surface area contributed by atoms with Gasteiger partial charge in [-0.25, -0.2) is 44.9 Å². The molecule has 0 unspecified atom stereocenters. The second-order valence-corrected chi connectivity index (χ2v) is 24.2. The first kappa shape index (κ1) is 55.9. The van der Waals surface area contributed by atoms with Crippen molar-refractivity contribution in [2.45, 2.75) is 0 Å². The van der Waals surface area contributed by atoms with Crippen LogP contribution in [0, 0.1) is 0 Å². The molecule has 0 amide bonds. The highest BCUT2D eigenvalue weighted by atomic mass is 16.3. The van der Waals surface area contributed by atoms with Gasteiger partial charge in [-0.1, -0.05) is 224 Å². The van der Waals surface area contributed by atoms with E-state index in [0.717, 1.165) is 138 Å². The molecule has 11 aromatic carbocycles. The van der Waals surface area contributed by atoms with Crippen LogP contribution in [0.15, 0.2) is 306 Å². The van der Waals surface area contributed by atoms with Crippen LogP contribution >= 0.6 is 0 Å². The molecule has 456 valence electrons. The Morgan fingerprint density at radius 3 is 1.30 bits per heavy atom. The minimum atomic E-state index is 0.498. The first-order chi connectivity index (χ1) is 48.5. The molecule has 8 aromatic heterocycles. The molecule has 0 aliphatic heterocycles. The Morgan fingerprint density at radius 1 is 0.224 bits per heavy atom. The summed E-state index contributed by atoms with van der Waals surface area (Å²) in [7, 11) is 0. The quantitative estimate of drug-likeness (QED) is 0.120. The van der Waals surface area contributed by atoms with Crippen LogP contribution in [0.4, 0.5) is 0 Å². The van der Waals surface area contributed by atoms with Gasteiger partial charge < -0.3 is 8.83 Å². The first-order valence-corrected chi connectivity index (χ1v) is 32.2. The third kappa shape index (κ3) is 10.0. The SMILES string of the molecule is c1ccc(-c2cc(-c3cccc(-c4ccc5c(c4)oc4c(-c6cccc7ccccc67)nc(-c6ccc(-c7nc(-c8cnc9ccccc9c8)nc(-c8cnc9ccccc9c8)n7)cc6)nc45)c3)nc(-c3ccc(-c4nc(-c5ccccc5)c5oc6ccccc6c5n4)cc3)n2)cc1. The molecule has 13 heteroatoms. The molecule has 0 aliphatic rings. The average Bonchev–Trinajstić information content (AvgIpc) is 1.56. The van der Waals surface area contributed by atoms with Crippen LogP contribution in [-0.4, -0.2) is 54.8 Å². The molecule has 19 aromatic rings. The Balaban J connectivity index is 0.684. The van der Waals surface area contributed by atoms with E-state index >= 15 is 0 Å². The number of rotatable bonds is 11. The van der Waals surface area contributed by atoms with Gasteiger partial charge in [0.25, 0.3) is 0 Å². The van der Waals surface area contributed by atoms with Crippen molar-refractivity contribution in [1.82, 2.24) is 54.8 Å². The Hall–Kier alpha value is -13.7. The highest BCUT2D eigenvalue weighted by Crippen LogP contribution is 2.42. The van der Waals surface area contributed by atoms with Crippen molar-refractivity contribution >= 4 is 76.7 Å². The van der Waals surface area contributed by atoms with Gasteiger partial charge in [-0.15, -0.1) is 0 Å². The third-order valence-electron chi connectivity index (χ3n) is 18.0. The monoisotopic (exact) mass is 1260 g/mol. The fourth-order valence-electron chi connectivity index (χ4n) is 13.1. The summed E-state index contributed by atoms with van der Waals surface area (Å²) < 4.78 is 13.4. The van der Waals surface area contributed by atoms with Crippen LogP contribution in [0.1, 0.15) is 0 Å². The summed E-state index contributed by atoms with van der Waals surface area (Å²) in [5.41, 5.74) is 19.4. The van der Waals surface area contributed by atoms with Crippen LogP contribution in [-0.2, 0) is 0 Å². The summed E-state index contributed by atoms with van der Waals surface area (Å²) >= 11 is 0. The zero-order valence-corrected chi connectivity index (χ0v) is 52.0. The standard InChI is InChI=1S/C85H49N11O2/c1-3-18-51(19-4-1)70-47-71(89-80(88-70)53-33-35-54(36-34-53)81-90-74(52-20-5-2-6-21-52)78-76(92-81)66-28-11-14-32-72(66)97-78)61-26-15-25-57(43-61)58-41-42-67-73(46-58)98-79-75(65-29-16-24-50-17-7-10-27-64(50)65)91-82(93-77(67)79)55-37-39-56(40-38-55)83-94-84(62-44-59-22-8-12-30-68(59)86-48-62)96-85(95-83)63-45-60-23-9-13-31-69(60)87-49-63/h1-49H. The molecule has 0 N–H and O–H groups in total. The summed E-state index contributed by atoms with van der Waals surface area (Å²) in [6.45, 7) is 0. The van der Waals surface area contributed by atoms with E-state index in [1.807, 2.05) is 182 Å². The lowest BCUT2D eigenvalue weighted by Crippen LogP contribution is -2.01. The predicted octanol–water partition coefficient (Wildman–Crippen LogP) is 20.6. The molecular weight excluding hydrogens is 1210 g/mol. The van der Waals surface area contributed by atoms with E-state index in [4.69, 9.17) is 63.7 Å². The van der Waals surface area contributed by atoms with E-state index in [2.05, 4.69) is 115 Å². The Kier molecular flexibility index (Phi) is 13.2. The second kappa shape index (κ2) is 23.1. The van der Waals surface area contributed by atoms with Gasteiger partial charge in [-0.2, -0.15) is 0 Å². The molecule has 98 heavy (non-hydrogen) atoms. The lowest BCUT2D eigenvalue weighted by Gasteiger charge is -2.11. The zero-order chi connectivity index (χ0) is 64.6. The van der Waals surface area contributed by atoms with Crippen molar-refractivity contribution in [2.24, 2.45) is 0 Å². The number of para-hydroxylation sites is 3. The summed E-state index contributed by atoms with van der Waals surface area (Å²) in [6, 6.07) is 96.2. The molecule has 0 saturated heterocycles. The Morgan fingerprint density at radius 2 is 0.653 bits per heavy atom. The van der Waals surface area contributed by atoms with Gasteiger partial charge in [0.05, 0.1) is 22.4 Å². The molecule has 0 aliphatic carbocycles. The van der Waals surface area contributed by atoms with Crippen molar-refractivity contribution in [3.8, 4) is 124 Å². The molecule has 0 radical (unpaired) electrons. The maximum absolute atomic E-state index is 7.01. The maximum atomic E-state index is 7.01. The van der Waals surface area contributed by atoms with Crippen LogP contribution in [0.2, 0.25) is 0 Å². The maximum Gasteiger partial charge on any atom is 0.180 e. The summed E-state index contributed by atoms with van der Waals surface area (Å²) in [6.07, 6.45) is 3.63. The number of aromatic nitrogens is 11. The van der Waals surface area contributed by atoms with E-state index in [1.165, 1.54) is 0 Å². The molecule has 0 atom stereocenters. The Bertz CT molecular complexity index is 6270. The first-order valence-electron chi connectivity index (χ1n) is 32.2. The molecule has 8 heterocycles. The van der Waals surface area contributed by atoms with E-state index in [9.17, 15) is 0 Å². The summed E-state index contributed by atoms with van der Waals surface area (Å²) in [4.78, 5) is 56.2. The minimum Gasteiger partial charge on any atom is -0.452 e. The van der Waals surface area contributed by atoms with Gasteiger partial charge >= 0.3 is 0 Å². The van der Waals surface area contributed by atoms with Crippen molar-refractivity contribution in [2.75, 3.05) is 0 Å². The van der Waals surface area contributed by atoms with Crippen molar-refractivity contribution in [1.29, 1.82) is 0 Å². The zero-order valence-electron chi connectivity index (χ0n) is 52.0. The van der Waals surface area contributed by atoms with Gasteiger partial charge in [0.1, 0.15) is 33.6 Å². The number of furan rings is 2. The van der Waals surface area contributed by atoms with Crippen LogP contribution in [0.25, 0.3) is 201 Å². The number of pyridine rings is 2. The molecule has 0 saturated carbocycles. The van der Waals surface area contributed by atoms with E-state index in [0.29, 0.717) is 62.9 Å². The second-order valence-electron chi connectivity index (χ2n) is 24.2. The predicted molar refractivity (Wildman–Crippen MR) is 389 cm³/mol. The summed E-state index contributed by atoms with van der Waals surface area (Å²) in [5, 5.41) is 5.89. The molecule has 19 rings (SSSR count). The number of nitrogens with zero attached hydrogens (tertiary/aromatic N) is 11. The van der Waals surface area contributed by atoms with Gasteiger partial charge in [-0.05, 0) is 82.6 Å². The molecule has 0 fully saturated rings. The third-order valence-corrected chi connectivity index (χ3v) is 18.0. The number of fused-ring (bicyclic) bond motifs is 9. The van der Waals surface area contributed by atoms with Gasteiger partial charge in [0, 0.05) is 89.6 Å². The average molecular weight is 1260 g/mol. The topological polar surface area (TPSA) is 168 Å². The lowest BCUT2D eigenvalue weighted by molar-refractivity contribution is 0.667. The van der Waals surface area contributed by atoms with Gasteiger partial charge in [0.2, 0.25) is 0 Å². The molecule has 0 spiro atoms. The van der Waals surface area contributed by atoms with Crippen LogP contribution in [0.3, 0.4) is 0 Å². The Labute approximate surface area is 559 Å². The number of hydrogen-bond donors (Lipinski definition) is 0. The molecular formula is C85H49N11O2. The highest BCUT2D eigenvalue weighted by molar-refractivity contribution is 6.11. The van der Waals surface area contributed by atoms with Crippen molar-refractivity contribution < 1.29 is 8.83 Å². The van der Waals surface area contributed by atoms with Crippen LogP contribution < -0.4 is 0 Å². The smallest absolute Gasteiger partial charge is 0.180 e.